The van der Waals surface area contributed by atoms with Crippen molar-refractivity contribution in [2.75, 3.05) is 13.1 Å². The first-order valence-corrected chi connectivity index (χ1v) is 7.45. The predicted octanol–water partition coefficient (Wildman–Crippen LogP) is 3.05. The molecule has 0 aromatic heterocycles. The molecule has 1 aliphatic heterocycles. The molecule has 21 heavy (non-hydrogen) atoms. The van der Waals surface area contributed by atoms with Crippen LogP contribution in [0.2, 0.25) is 10.0 Å². The molecule has 1 amide bonds. The second-order valence-electron chi connectivity index (χ2n) is 4.85. The summed E-state index contributed by atoms with van der Waals surface area (Å²) in [5.74, 6) is 0.260. The standard InChI is InChI=1S/C14H18Cl2N2O2.ClH/c1-9(14(19)18-8-10-4-3-7-17-10)20-12-6-2-5-11(15)13(12)16;/h2,5-6,9-10,17H,3-4,7-8H2,1H3,(H,18,19);1H. The van der Waals surface area contributed by atoms with Gasteiger partial charge in [0.05, 0.1) is 5.02 Å². The molecule has 1 heterocycles. The van der Waals surface area contributed by atoms with Crippen molar-refractivity contribution in [1.29, 1.82) is 0 Å². The second-order valence-corrected chi connectivity index (χ2v) is 5.64. The smallest absolute Gasteiger partial charge is 0.260 e. The fourth-order valence-electron chi connectivity index (χ4n) is 2.12. The topological polar surface area (TPSA) is 50.4 Å². The largest absolute Gasteiger partial charge is 0.479 e. The number of halogens is 3. The predicted molar refractivity (Wildman–Crippen MR) is 87.8 cm³/mol. The molecule has 0 spiro atoms. The molecule has 2 rings (SSSR count). The average Bonchev–Trinajstić information content (AvgIpc) is 2.94. The van der Waals surface area contributed by atoms with E-state index in [1.165, 1.54) is 0 Å². The zero-order chi connectivity index (χ0) is 14.5. The Morgan fingerprint density at radius 1 is 1.52 bits per heavy atom. The van der Waals surface area contributed by atoms with E-state index in [9.17, 15) is 4.79 Å². The lowest BCUT2D eigenvalue weighted by atomic mass is 10.2. The Labute approximate surface area is 140 Å². The number of carbonyl (C=O) groups is 1. The normalized spacial score (nSPS) is 18.7. The van der Waals surface area contributed by atoms with Gasteiger partial charge in [-0.25, -0.2) is 0 Å². The summed E-state index contributed by atoms with van der Waals surface area (Å²) >= 11 is 11.9. The summed E-state index contributed by atoms with van der Waals surface area (Å²) in [6.45, 7) is 3.33. The third kappa shape index (κ3) is 5.22. The maximum atomic E-state index is 12.0. The molecule has 1 aliphatic rings. The van der Waals surface area contributed by atoms with Crippen molar-refractivity contribution < 1.29 is 9.53 Å². The van der Waals surface area contributed by atoms with Gasteiger partial charge in [0.25, 0.3) is 5.91 Å². The van der Waals surface area contributed by atoms with Crippen molar-refractivity contribution >= 4 is 41.5 Å². The summed E-state index contributed by atoms with van der Waals surface area (Å²) < 4.78 is 5.55. The zero-order valence-corrected chi connectivity index (χ0v) is 14.0. The van der Waals surface area contributed by atoms with E-state index in [0.29, 0.717) is 28.4 Å². The van der Waals surface area contributed by atoms with Crippen LogP contribution in [0.5, 0.6) is 5.75 Å². The van der Waals surface area contributed by atoms with Crippen molar-refractivity contribution in [3.63, 3.8) is 0 Å². The fraction of sp³-hybridized carbons (Fsp3) is 0.500. The Hall–Kier alpha value is -0.680. The Balaban J connectivity index is 0.00000220. The number of ether oxygens (including phenoxy) is 1. The Bertz CT molecular complexity index is 479. The van der Waals surface area contributed by atoms with Crippen molar-refractivity contribution in [1.82, 2.24) is 10.6 Å². The van der Waals surface area contributed by atoms with Crippen LogP contribution >= 0.6 is 35.6 Å². The number of carbonyl (C=O) groups excluding carboxylic acids is 1. The number of amides is 1. The number of rotatable bonds is 5. The highest BCUT2D eigenvalue weighted by atomic mass is 35.5. The van der Waals surface area contributed by atoms with Gasteiger partial charge >= 0.3 is 0 Å². The Kier molecular flexibility index (Phi) is 7.60. The van der Waals surface area contributed by atoms with E-state index in [1.54, 1.807) is 25.1 Å². The minimum Gasteiger partial charge on any atom is -0.479 e. The molecule has 2 atom stereocenters. The van der Waals surface area contributed by atoms with Crippen LogP contribution < -0.4 is 15.4 Å². The van der Waals surface area contributed by atoms with Crippen LogP contribution in [0, 0.1) is 0 Å². The molecule has 0 bridgehead atoms. The Morgan fingerprint density at radius 2 is 2.29 bits per heavy atom. The lowest BCUT2D eigenvalue weighted by Crippen LogP contribution is -2.42. The minimum atomic E-state index is -0.618. The monoisotopic (exact) mass is 352 g/mol. The van der Waals surface area contributed by atoms with E-state index in [1.807, 2.05) is 0 Å². The summed E-state index contributed by atoms with van der Waals surface area (Å²) in [5.41, 5.74) is 0. The molecule has 0 saturated carbocycles. The lowest BCUT2D eigenvalue weighted by Gasteiger charge is -2.17. The first-order valence-electron chi connectivity index (χ1n) is 6.69. The summed E-state index contributed by atoms with van der Waals surface area (Å²) in [4.78, 5) is 12.0. The molecule has 0 aliphatic carbocycles. The molecule has 0 radical (unpaired) electrons. The lowest BCUT2D eigenvalue weighted by molar-refractivity contribution is -0.127. The van der Waals surface area contributed by atoms with Gasteiger partial charge in [-0.05, 0) is 38.4 Å². The molecule has 1 fully saturated rings. The summed E-state index contributed by atoms with van der Waals surface area (Å²) in [5, 5.41) is 6.93. The SMILES string of the molecule is CC(Oc1cccc(Cl)c1Cl)C(=O)NCC1CCCN1.Cl. The molecule has 1 aromatic carbocycles. The highest BCUT2D eigenvalue weighted by molar-refractivity contribution is 6.42. The first kappa shape index (κ1) is 18.4. The molecule has 7 heteroatoms. The molecular formula is C14H19Cl3N2O2. The maximum Gasteiger partial charge on any atom is 0.260 e. The molecule has 118 valence electrons. The van der Waals surface area contributed by atoms with E-state index in [-0.39, 0.29) is 18.3 Å². The van der Waals surface area contributed by atoms with Gasteiger partial charge < -0.3 is 15.4 Å². The highest BCUT2D eigenvalue weighted by Crippen LogP contribution is 2.32. The van der Waals surface area contributed by atoms with Gasteiger partial charge in [-0.2, -0.15) is 0 Å². The molecule has 4 nitrogen and oxygen atoms in total. The van der Waals surface area contributed by atoms with Gasteiger partial charge in [-0.1, -0.05) is 29.3 Å². The Morgan fingerprint density at radius 3 is 2.95 bits per heavy atom. The third-order valence-electron chi connectivity index (χ3n) is 3.27. The quantitative estimate of drug-likeness (QED) is 0.855. The van der Waals surface area contributed by atoms with Crippen molar-refractivity contribution in [2.24, 2.45) is 0 Å². The van der Waals surface area contributed by atoms with Gasteiger partial charge in [0.2, 0.25) is 0 Å². The van der Waals surface area contributed by atoms with Gasteiger partial charge in [-0.15, -0.1) is 12.4 Å². The summed E-state index contributed by atoms with van der Waals surface area (Å²) in [7, 11) is 0. The van der Waals surface area contributed by atoms with Crippen LogP contribution in [0.4, 0.5) is 0 Å². The van der Waals surface area contributed by atoms with E-state index in [0.717, 1.165) is 19.4 Å². The van der Waals surface area contributed by atoms with Gasteiger partial charge in [0, 0.05) is 12.6 Å². The molecular weight excluding hydrogens is 335 g/mol. The van der Waals surface area contributed by atoms with E-state index in [4.69, 9.17) is 27.9 Å². The zero-order valence-electron chi connectivity index (χ0n) is 11.7. The number of hydrogen-bond donors (Lipinski definition) is 2. The minimum absolute atomic E-state index is 0. The first-order chi connectivity index (χ1) is 9.58. The maximum absolute atomic E-state index is 12.0. The number of hydrogen-bond acceptors (Lipinski definition) is 3. The number of nitrogens with one attached hydrogen (secondary N) is 2. The molecule has 1 aromatic rings. The van der Waals surface area contributed by atoms with Crippen molar-refractivity contribution in [3.05, 3.63) is 28.2 Å². The van der Waals surface area contributed by atoms with Crippen LogP contribution in [0.25, 0.3) is 0 Å². The molecule has 2 unspecified atom stereocenters. The summed E-state index contributed by atoms with van der Waals surface area (Å²) in [6, 6.07) is 5.46. The molecule has 1 saturated heterocycles. The summed E-state index contributed by atoms with van der Waals surface area (Å²) in [6.07, 6.45) is 1.63. The van der Waals surface area contributed by atoms with E-state index in [2.05, 4.69) is 10.6 Å². The van der Waals surface area contributed by atoms with Gasteiger partial charge in [0.1, 0.15) is 10.8 Å². The fourth-order valence-corrected chi connectivity index (χ4v) is 2.45. The average molecular weight is 354 g/mol. The van der Waals surface area contributed by atoms with Crippen LogP contribution in [0.15, 0.2) is 18.2 Å². The van der Waals surface area contributed by atoms with E-state index < -0.39 is 6.10 Å². The van der Waals surface area contributed by atoms with Crippen LogP contribution in [-0.2, 0) is 4.79 Å². The number of benzene rings is 1. The van der Waals surface area contributed by atoms with Crippen LogP contribution in [0.3, 0.4) is 0 Å². The van der Waals surface area contributed by atoms with Crippen LogP contribution in [-0.4, -0.2) is 31.1 Å². The third-order valence-corrected chi connectivity index (χ3v) is 4.08. The molecule has 2 N–H and O–H groups in total. The van der Waals surface area contributed by atoms with Gasteiger partial charge in [-0.3, -0.25) is 4.79 Å². The van der Waals surface area contributed by atoms with E-state index >= 15 is 0 Å². The second kappa shape index (κ2) is 8.69. The van der Waals surface area contributed by atoms with Crippen molar-refractivity contribution in [2.45, 2.75) is 31.9 Å². The highest BCUT2D eigenvalue weighted by Gasteiger charge is 2.19. The van der Waals surface area contributed by atoms with Gasteiger partial charge in [0.15, 0.2) is 6.10 Å². The van der Waals surface area contributed by atoms with Crippen molar-refractivity contribution in [3.8, 4) is 5.75 Å². The van der Waals surface area contributed by atoms with Crippen LogP contribution in [0.1, 0.15) is 19.8 Å².